The minimum atomic E-state index is -0.742. The highest BCUT2D eigenvalue weighted by Gasteiger charge is 2.27. The fraction of sp³-hybridized carbons (Fsp3) is 0.500. The molecule has 204 valence electrons. The quantitative estimate of drug-likeness (QED) is 0.227. The first-order chi connectivity index (χ1) is 17.8. The van der Waals surface area contributed by atoms with Crippen LogP contribution in [0.3, 0.4) is 0 Å². The first-order valence-electron chi connectivity index (χ1n) is 12.3. The molecule has 2 atom stereocenters. The van der Waals surface area contributed by atoms with Crippen molar-refractivity contribution in [1.82, 2.24) is 9.62 Å². The second kappa shape index (κ2) is 14.9. The molecule has 6 nitrogen and oxygen atoms in total. The Labute approximate surface area is 225 Å². The van der Waals surface area contributed by atoms with Crippen LogP contribution in [0.25, 0.3) is 0 Å². The summed E-state index contributed by atoms with van der Waals surface area (Å²) in [5, 5.41) is 3.04. The van der Waals surface area contributed by atoms with Crippen molar-refractivity contribution in [3.63, 3.8) is 0 Å². The van der Waals surface area contributed by atoms with Gasteiger partial charge in [0.1, 0.15) is 29.2 Å². The molecule has 0 saturated carbocycles. The Bertz CT molecular complexity index is 987. The third kappa shape index (κ3) is 9.10. The van der Waals surface area contributed by atoms with Gasteiger partial charge in [0.25, 0.3) is 5.91 Å². The number of ether oxygens (including phenoxy) is 2. The van der Waals surface area contributed by atoms with Gasteiger partial charge >= 0.3 is 0 Å². The zero-order valence-corrected chi connectivity index (χ0v) is 22.9. The number of likely N-dealkylation sites (tertiary alicyclic amines) is 1. The molecule has 3 rings (SSSR count). The van der Waals surface area contributed by atoms with Crippen molar-refractivity contribution in [2.75, 3.05) is 44.4 Å². The number of amides is 1. The van der Waals surface area contributed by atoms with E-state index in [0.717, 1.165) is 36.5 Å². The largest absolute Gasteiger partial charge is 0.379 e. The van der Waals surface area contributed by atoms with E-state index in [1.54, 1.807) is 26.2 Å². The van der Waals surface area contributed by atoms with Crippen LogP contribution >= 0.6 is 23.7 Å². The van der Waals surface area contributed by atoms with E-state index in [1.807, 2.05) is 6.92 Å². The molecule has 0 radical (unpaired) electrons. The van der Waals surface area contributed by atoms with E-state index >= 15 is 0 Å². The SMILES string of the molecule is CCOC(CC)C(=O)NSc1cc(F)c(NC(CCN2CC(OC)C2)CSc2ccc(F)cc2)c(F)c1. The Morgan fingerprint density at radius 2 is 1.78 bits per heavy atom. The highest BCUT2D eigenvalue weighted by Crippen LogP contribution is 2.28. The summed E-state index contributed by atoms with van der Waals surface area (Å²) in [5.41, 5.74) is -0.209. The first kappa shape index (κ1) is 29.6. The fourth-order valence-electron chi connectivity index (χ4n) is 3.82. The summed E-state index contributed by atoms with van der Waals surface area (Å²) in [6.45, 7) is 6.43. The number of nitrogens with zero attached hydrogens (tertiary/aromatic N) is 1. The van der Waals surface area contributed by atoms with Gasteiger partial charge in [0.2, 0.25) is 0 Å². The Morgan fingerprint density at radius 1 is 1.11 bits per heavy atom. The number of hydrogen-bond donors (Lipinski definition) is 2. The summed E-state index contributed by atoms with van der Waals surface area (Å²) in [4.78, 5) is 15.6. The summed E-state index contributed by atoms with van der Waals surface area (Å²) < 4.78 is 56.5. The summed E-state index contributed by atoms with van der Waals surface area (Å²) >= 11 is 2.34. The van der Waals surface area contributed by atoms with Crippen LogP contribution in [0.4, 0.5) is 18.9 Å². The van der Waals surface area contributed by atoms with Gasteiger partial charge in [-0.05, 0) is 68.1 Å². The Morgan fingerprint density at radius 3 is 2.38 bits per heavy atom. The molecule has 1 fully saturated rings. The number of thioether (sulfide) groups is 1. The Balaban J connectivity index is 1.64. The summed E-state index contributed by atoms with van der Waals surface area (Å²) in [6, 6.07) is 8.30. The molecule has 1 aliphatic heterocycles. The zero-order valence-electron chi connectivity index (χ0n) is 21.3. The third-order valence-electron chi connectivity index (χ3n) is 5.98. The molecule has 2 aromatic carbocycles. The number of methoxy groups -OCH3 is 1. The number of hydrogen-bond acceptors (Lipinski definition) is 7. The number of carbonyl (C=O) groups excluding carboxylic acids is 1. The smallest absolute Gasteiger partial charge is 0.259 e. The van der Waals surface area contributed by atoms with E-state index < -0.39 is 17.7 Å². The van der Waals surface area contributed by atoms with Gasteiger partial charge in [0.05, 0.1) is 6.10 Å². The molecule has 37 heavy (non-hydrogen) atoms. The van der Waals surface area contributed by atoms with E-state index in [-0.39, 0.29) is 34.5 Å². The molecule has 1 aliphatic rings. The van der Waals surface area contributed by atoms with Crippen molar-refractivity contribution in [3.8, 4) is 0 Å². The predicted molar refractivity (Wildman–Crippen MR) is 142 cm³/mol. The number of halogens is 3. The molecule has 2 N–H and O–H groups in total. The zero-order chi connectivity index (χ0) is 26.8. The summed E-state index contributed by atoms with van der Waals surface area (Å²) in [6.07, 6.45) is 0.762. The molecule has 0 aliphatic carbocycles. The maximum absolute atomic E-state index is 15.0. The van der Waals surface area contributed by atoms with Crippen molar-refractivity contribution >= 4 is 35.3 Å². The summed E-state index contributed by atoms with van der Waals surface area (Å²) in [5.74, 6) is -1.61. The van der Waals surface area contributed by atoms with Crippen LogP contribution in [0.15, 0.2) is 46.2 Å². The lowest BCUT2D eigenvalue weighted by Gasteiger charge is -2.38. The second-order valence-corrected chi connectivity index (χ2v) is 10.7. The number of carbonyl (C=O) groups is 1. The lowest BCUT2D eigenvalue weighted by Crippen LogP contribution is -2.52. The van der Waals surface area contributed by atoms with Crippen molar-refractivity contribution in [2.45, 2.75) is 54.7 Å². The van der Waals surface area contributed by atoms with Gasteiger partial charge in [-0.3, -0.25) is 14.4 Å². The monoisotopic (exact) mass is 557 g/mol. The third-order valence-corrected chi connectivity index (χ3v) is 7.93. The average Bonchev–Trinajstić information content (AvgIpc) is 2.86. The van der Waals surface area contributed by atoms with Crippen LogP contribution in [0.5, 0.6) is 0 Å². The minimum absolute atomic E-state index is 0.209. The number of benzene rings is 2. The molecule has 1 amide bonds. The molecule has 2 unspecified atom stereocenters. The molecule has 1 saturated heterocycles. The van der Waals surface area contributed by atoms with Gasteiger partial charge in [-0.2, -0.15) is 0 Å². The highest BCUT2D eigenvalue weighted by atomic mass is 32.2. The van der Waals surface area contributed by atoms with Crippen LogP contribution < -0.4 is 10.0 Å². The van der Waals surface area contributed by atoms with E-state index in [2.05, 4.69) is 14.9 Å². The van der Waals surface area contributed by atoms with Crippen molar-refractivity contribution in [2.24, 2.45) is 0 Å². The molecule has 11 heteroatoms. The van der Waals surface area contributed by atoms with Crippen LogP contribution in [-0.4, -0.2) is 68.2 Å². The standard InChI is InChI=1S/C26H34F3N3O3S2/c1-4-24(35-5-2)26(33)31-37-21-12-22(28)25(23(29)13-21)30-18(10-11-32-14-19(15-32)34-3)16-36-20-8-6-17(27)7-9-20/h6-9,12-13,18-19,24,30H,4-5,10-11,14-16H2,1-3H3,(H,31,33). The first-order valence-corrected chi connectivity index (χ1v) is 14.1. The topological polar surface area (TPSA) is 62.8 Å². The molecular weight excluding hydrogens is 523 g/mol. The average molecular weight is 558 g/mol. The van der Waals surface area contributed by atoms with E-state index in [0.29, 0.717) is 25.2 Å². The Hall–Kier alpha value is -1.92. The van der Waals surface area contributed by atoms with Crippen molar-refractivity contribution < 1.29 is 27.4 Å². The maximum atomic E-state index is 15.0. The van der Waals surface area contributed by atoms with Crippen molar-refractivity contribution in [3.05, 3.63) is 53.8 Å². The van der Waals surface area contributed by atoms with Crippen LogP contribution in [-0.2, 0) is 14.3 Å². The minimum Gasteiger partial charge on any atom is -0.379 e. The fourth-order valence-corrected chi connectivity index (χ4v) is 5.47. The van der Waals surface area contributed by atoms with E-state index in [4.69, 9.17) is 9.47 Å². The van der Waals surface area contributed by atoms with Gasteiger partial charge in [-0.25, -0.2) is 13.2 Å². The molecule has 0 spiro atoms. The number of anilines is 1. The molecule has 0 aromatic heterocycles. The molecular formula is C26H34F3N3O3S2. The van der Waals surface area contributed by atoms with Gasteiger partial charge < -0.3 is 14.8 Å². The predicted octanol–water partition coefficient (Wildman–Crippen LogP) is 5.34. The highest BCUT2D eigenvalue weighted by molar-refractivity contribution is 7.99. The van der Waals surface area contributed by atoms with Crippen LogP contribution in [0.1, 0.15) is 26.7 Å². The van der Waals surface area contributed by atoms with Crippen LogP contribution in [0, 0.1) is 17.5 Å². The summed E-state index contributed by atoms with van der Waals surface area (Å²) in [7, 11) is 1.69. The van der Waals surface area contributed by atoms with Gasteiger partial charge in [-0.15, -0.1) is 11.8 Å². The van der Waals surface area contributed by atoms with E-state index in [9.17, 15) is 18.0 Å². The number of rotatable bonds is 15. The normalized spacial score (nSPS) is 15.7. The van der Waals surface area contributed by atoms with Crippen molar-refractivity contribution in [1.29, 1.82) is 0 Å². The molecule has 1 heterocycles. The van der Waals surface area contributed by atoms with Gasteiger partial charge in [-0.1, -0.05) is 6.92 Å². The van der Waals surface area contributed by atoms with Gasteiger partial charge in [0.15, 0.2) is 0 Å². The second-order valence-electron chi connectivity index (χ2n) is 8.69. The van der Waals surface area contributed by atoms with Gasteiger partial charge in [0, 0.05) is 54.9 Å². The maximum Gasteiger partial charge on any atom is 0.259 e. The molecule has 2 aromatic rings. The lowest BCUT2D eigenvalue weighted by atomic mass is 10.1. The van der Waals surface area contributed by atoms with E-state index in [1.165, 1.54) is 36.0 Å². The molecule has 0 bridgehead atoms. The Kier molecular flexibility index (Phi) is 11.9. The lowest BCUT2D eigenvalue weighted by molar-refractivity contribution is -0.130. The number of nitrogens with one attached hydrogen (secondary N) is 2. The van der Waals surface area contributed by atoms with Crippen LogP contribution in [0.2, 0.25) is 0 Å².